The van der Waals surface area contributed by atoms with Gasteiger partial charge in [-0.2, -0.15) is 5.26 Å². The summed E-state index contributed by atoms with van der Waals surface area (Å²) < 4.78 is 10.7. The number of carbonyl (C=O) groups is 1. The molecule has 1 aromatic carbocycles. The summed E-state index contributed by atoms with van der Waals surface area (Å²) in [6.07, 6.45) is 0. The minimum Gasteiger partial charge on any atom is -0.373 e. The van der Waals surface area contributed by atoms with Crippen LogP contribution in [0.5, 0.6) is 0 Å². The summed E-state index contributed by atoms with van der Waals surface area (Å²) in [5, 5.41) is 8.66. The molecule has 0 aliphatic rings. The molecule has 0 N–H and O–H groups in total. The van der Waals surface area contributed by atoms with Gasteiger partial charge in [0, 0.05) is 5.56 Å². The molecule has 4 heteroatoms. The largest absolute Gasteiger partial charge is 0.373 e. The lowest BCUT2D eigenvalue weighted by molar-refractivity contribution is -0.0324. The van der Waals surface area contributed by atoms with Gasteiger partial charge in [-0.05, 0) is 32.9 Å². The van der Waals surface area contributed by atoms with Gasteiger partial charge in [-0.25, -0.2) is 0 Å². The molecule has 0 heterocycles. The number of ketones is 1. The van der Waals surface area contributed by atoms with Crippen LogP contribution in [-0.2, 0) is 9.47 Å². The number of nitrogens with zero attached hydrogens (tertiary/aromatic N) is 1. The van der Waals surface area contributed by atoms with E-state index in [0.717, 1.165) is 0 Å². The van der Waals surface area contributed by atoms with Gasteiger partial charge in [0.1, 0.15) is 6.61 Å². The van der Waals surface area contributed by atoms with E-state index in [1.54, 1.807) is 24.3 Å². The van der Waals surface area contributed by atoms with Crippen molar-refractivity contribution in [1.82, 2.24) is 0 Å². The molecule has 0 fully saturated rings. The fourth-order valence-electron chi connectivity index (χ4n) is 1.39. The molecule has 19 heavy (non-hydrogen) atoms. The molecule has 0 spiro atoms. The third-order valence-electron chi connectivity index (χ3n) is 2.33. The highest BCUT2D eigenvalue weighted by molar-refractivity contribution is 5.97. The predicted octanol–water partition coefficient (Wildman–Crippen LogP) is 2.57. The lowest BCUT2D eigenvalue weighted by Gasteiger charge is -2.19. The molecule has 0 saturated carbocycles. The summed E-state index contributed by atoms with van der Waals surface area (Å²) in [4.78, 5) is 11.8. The molecule has 0 saturated heterocycles. The second kappa shape index (κ2) is 7.03. The minimum absolute atomic E-state index is 0.0272. The van der Waals surface area contributed by atoms with Crippen molar-refractivity contribution in [3.8, 4) is 6.07 Å². The van der Waals surface area contributed by atoms with Gasteiger partial charge < -0.3 is 9.47 Å². The van der Waals surface area contributed by atoms with Gasteiger partial charge in [-0.3, -0.25) is 4.79 Å². The van der Waals surface area contributed by atoms with Crippen LogP contribution in [0.3, 0.4) is 0 Å². The Kier molecular flexibility index (Phi) is 5.68. The van der Waals surface area contributed by atoms with E-state index in [-0.39, 0.29) is 18.0 Å². The lowest BCUT2D eigenvalue weighted by atomic mass is 10.1. The van der Waals surface area contributed by atoms with Crippen LogP contribution in [0.25, 0.3) is 0 Å². The fraction of sp³-hybridized carbons (Fsp3) is 0.467. The molecule has 0 aliphatic carbocycles. The first-order valence-electron chi connectivity index (χ1n) is 6.17. The maximum atomic E-state index is 11.8. The first-order chi connectivity index (χ1) is 8.92. The summed E-state index contributed by atoms with van der Waals surface area (Å²) in [6, 6.07) is 8.52. The molecule has 0 atom stereocenters. The van der Waals surface area contributed by atoms with E-state index in [4.69, 9.17) is 14.7 Å². The number of Topliss-reactive ketones (excluding diaryl/α,β-unsaturated/α-hetero) is 1. The first-order valence-corrected chi connectivity index (χ1v) is 6.17. The van der Waals surface area contributed by atoms with Crippen molar-refractivity contribution in [2.45, 2.75) is 26.4 Å². The van der Waals surface area contributed by atoms with Crippen LogP contribution in [0, 0.1) is 11.3 Å². The second-order valence-corrected chi connectivity index (χ2v) is 5.13. The van der Waals surface area contributed by atoms with Crippen molar-refractivity contribution in [2.75, 3.05) is 19.8 Å². The van der Waals surface area contributed by atoms with Crippen LogP contribution < -0.4 is 0 Å². The fourth-order valence-corrected chi connectivity index (χ4v) is 1.39. The Bertz CT molecular complexity index is 452. The summed E-state index contributed by atoms with van der Waals surface area (Å²) in [7, 11) is 0. The molecule has 0 bridgehead atoms. The highest BCUT2D eigenvalue weighted by Crippen LogP contribution is 2.06. The second-order valence-electron chi connectivity index (χ2n) is 5.13. The Labute approximate surface area is 113 Å². The standard InChI is InChI=1S/C15H19NO3/c1-15(2,3)19-9-8-18-11-14(17)13-6-4-12(10-16)5-7-13/h4-7H,8-9,11H2,1-3H3. The van der Waals surface area contributed by atoms with Crippen LogP contribution in [0.2, 0.25) is 0 Å². The van der Waals surface area contributed by atoms with E-state index in [1.807, 2.05) is 26.8 Å². The summed E-state index contributed by atoms with van der Waals surface area (Å²) in [5.74, 6) is -0.0970. The maximum absolute atomic E-state index is 11.8. The number of nitriles is 1. The van der Waals surface area contributed by atoms with E-state index in [0.29, 0.717) is 24.3 Å². The van der Waals surface area contributed by atoms with E-state index < -0.39 is 0 Å². The van der Waals surface area contributed by atoms with Crippen molar-refractivity contribution in [2.24, 2.45) is 0 Å². The van der Waals surface area contributed by atoms with Gasteiger partial charge in [0.05, 0.1) is 30.4 Å². The van der Waals surface area contributed by atoms with Crippen LogP contribution in [0.1, 0.15) is 36.7 Å². The van der Waals surface area contributed by atoms with E-state index in [1.165, 1.54) is 0 Å². The molecule has 0 unspecified atom stereocenters. The van der Waals surface area contributed by atoms with E-state index >= 15 is 0 Å². The normalized spacial score (nSPS) is 11.1. The zero-order valence-electron chi connectivity index (χ0n) is 11.6. The quantitative estimate of drug-likeness (QED) is 0.583. The number of benzene rings is 1. The van der Waals surface area contributed by atoms with Gasteiger partial charge in [0.15, 0.2) is 5.78 Å². The molecular weight excluding hydrogens is 242 g/mol. The zero-order valence-corrected chi connectivity index (χ0v) is 11.6. The molecule has 0 amide bonds. The average molecular weight is 261 g/mol. The van der Waals surface area contributed by atoms with Gasteiger partial charge in [-0.15, -0.1) is 0 Å². The number of hydrogen-bond acceptors (Lipinski definition) is 4. The van der Waals surface area contributed by atoms with Gasteiger partial charge in [-0.1, -0.05) is 12.1 Å². The third kappa shape index (κ3) is 6.14. The van der Waals surface area contributed by atoms with Gasteiger partial charge in [0.2, 0.25) is 0 Å². The van der Waals surface area contributed by atoms with Crippen molar-refractivity contribution < 1.29 is 14.3 Å². The minimum atomic E-state index is -0.194. The molecule has 1 aromatic rings. The molecule has 0 radical (unpaired) electrons. The smallest absolute Gasteiger partial charge is 0.188 e. The molecule has 1 rings (SSSR count). The van der Waals surface area contributed by atoms with Gasteiger partial charge in [0.25, 0.3) is 0 Å². The molecule has 0 aliphatic heterocycles. The highest BCUT2D eigenvalue weighted by Gasteiger charge is 2.10. The lowest BCUT2D eigenvalue weighted by Crippen LogP contribution is -2.22. The number of ether oxygens (including phenoxy) is 2. The zero-order chi connectivity index (χ0) is 14.3. The summed E-state index contributed by atoms with van der Waals surface area (Å²) >= 11 is 0. The Hall–Kier alpha value is -1.70. The Balaban J connectivity index is 2.29. The molecular formula is C15H19NO3. The van der Waals surface area contributed by atoms with Crippen LogP contribution >= 0.6 is 0 Å². The maximum Gasteiger partial charge on any atom is 0.188 e. The number of rotatable bonds is 6. The van der Waals surface area contributed by atoms with E-state index in [9.17, 15) is 4.79 Å². The Morgan fingerprint density at radius 2 is 1.84 bits per heavy atom. The molecule has 0 aromatic heterocycles. The predicted molar refractivity (Wildman–Crippen MR) is 72.0 cm³/mol. The first kappa shape index (κ1) is 15.4. The average Bonchev–Trinajstić information content (AvgIpc) is 2.37. The van der Waals surface area contributed by atoms with E-state index in [2.05, 4.69) is 0 Å². The third-order valence-corrected chi connectivity index (χ3v) is 2.33. The van der Waals surface area contributed by atoms with Crippen LogP contribution in [0.15, 0.2) is 24.3 Å². The van der Waals surface area contributed by atoms with Crippen molar-refractivity contribution >= 4 is 5.78 Å². The van der Waals surface area contributed by atoms with Crippen LogP contribution in [0.4, 0.5) is 0 Å². The summed E-state index contributed by atoms with van der Waals surface area (Å²) in [5.41, 5.74) is 0.896. The summed E-state index contributed by atoms with van der Waals surface area (Å²) in [6.45, 7) is 6.78. The Morgan fingerprint density at radius 3 is 2.37 bits per heavy atom. The number of carbonyl (C=O) groups excluding carboxylic acids is 1. The molecule has 4 nitrogen and oxygen atoms in total. The Morgan fingerprint density at radius 1 is 1.21 bits per heavy atom. The van der Waals surface area contributed by atoms with Crippen molar-refractivity contribution in [3.63, 3.8) is 0 Å². The molecule has 102 valence electrons. The van der Waals surface area contributed by atoms with Gasteiger partial charge >= 0.3 is 0 Å². The number of hydrogen-bond donors (Lipinski definition) is 0. The topological polar surface area (TPSA) is 59.3 Å². The SMILES string of the molecule is CC(C)(C)OCCOCC(=O)c1ccc(C#N)cc1. The van der Waals surface area contributed by atoms with Crippen molar-refractivity contribution in [1.29, 1.82) is 5.26 Å². The van der Waals surface area contributed by atoms with Crippen LogP contribution in [-0.4, -0.2) is 31.2 Å². The monoisotopic (exact) mass is 261 g/mol. The highest BCUT2D eigenvalue weighted by atomic mass is 16.5. The van der Waals surface area contributed by atoms with Crippen molar-refractivity contribution in [3.05, 3.63) is 35.4 Å².